The number of aromatic nitrogens is 1. The van der Waals surface area contributed by atoms with Crippen molar-refractivity contribution in [3.8, 4) is 0 Å². The van der Waals surface area contributed by atoms with Crippen LogP contribution < -0.4 is 0 Å². The largest absolute Gasteiger partial charge is 0.465 e. The van der Waals surface area contributed by atoms with Gasteiger partial charge < -0.3 is 4.74 Å². The molecule has 1 aliphatic heterocycles. The first-order chi connectivity index (χ1) is 11.8. The van der Waals surface area contributed by atoms with E-state index < -0.39 is 0 Å². The Labute approximate surface area is 141 Å². The fourth-order valence-electron chi connectivity index (χ4n) is 2.99. The van der Waals surface area contributed by atoms with Crippen LogP contribution >= 0.6 is 0 Å². The molecule has 0 saturated heterocycles. The Hall–Kier alpha value is -2.94. The van der Waals surface area contributed by atoms with Crippen LogP contribution in [0, 0.1) is 6.92 Å². The molecule has 0 N–H and O–H groups in total. The first-order valence-electron chi connectivity index (χ1n) is 8.09. The maximum absolute atomic E-state index is 6.24. The zero-order chi connectivity index (χ0) is 16.4. The van der Waals surface area contributed by atoms with Gasteiger partial charge in [-0.05, 0) is 30.2 Å². The lowest BCUT2D eigenvalue weighted by Gasteiger charge is -2.18. The summed E-state index contributed by atoms with van der Waals surface area (Å²) in [6.07, 6.45) is -0.133. The van der Waals surface area contributed by atoms with E-state index in [9.17, 15) is 0 Å². The Morgan fingerprint density at radius 2 is 1.42 bits per heavy atom. The summed E-state index contributed by atoms with van der Waals surface area (Å²) in [6.45, 7) is 1.97. The van der Waals surface area contributed by atoms with Gasteiger partial charge in [0.05, 0.1) is 0 Å². The van der Waals surface area contributed by atoms with Crippen molar-refractivity contribution in [3.63, 3.8) is 0 Å². The number of hydrogen-bond acceptors (Lipinski definition) is 3. The van der Waals surface area contributed by atoms with Crippen molar-refractivity contribution >= 4 is 5.90 Å². The van der Waals surface area contributed by atoms with Gasteiger partial charge in [0.15, 0.2) is 6.10 Å². The summed E-state index contributed by atoms with van der Waals surface area (Å²) in [5.74, 6) is 0.612. The topological polar surface area (TPSA) is 34.5 Å². The average Bonchev–Trinajstić information content (AvgIpc) is 3.09. The summed E-state index contributed by atoms with van der Waals surface area (Å²) in [6, 6.07) is 26.4. The van der Waals surface area contributed by atoms with E-state index in [-0.39, 0.29) is 12.1 Å². The van der Waals surface area contributed by atoms with Gasteiger partial charge in [0, 0.05) is 5.69 Å². The van der Waals surface area contributed by atoms with Gasteiger partial charge in [0.2, 0.25) is 5.90 Å². The van der Waals surface area contributed by atoms with Gasteiger partial charge in [0.25, 0.3) is 0 Å². The molecular formula is C21H18N2O. The van der Waals surface area contributed by atoms with Crippen molar-refractivity contribution in [2.24, 2.45) is 4.99 Å². The highest BCUT2D eigenvalue weighted by atomic mass is 16.5. The Morgan fingerprint density at radius 1 is 0.750 bits per heavy atom. The number of hydrogen-bond donors (Lipinski definition) is 0. The molecule has 0 unspecified atom stereocenters. The van der Waals surface area contributed by atoms with E-state index in [1.165, 1.54) is 0 Å². The zero-order valence-electron chi connectivity index (χ0n) is 13.5. The predicted octanol–water partition coefficient (Wildman–Crippen LogP) is 4.65. The molecule has 118 valence electrons. The number of aliphatic imine (C=N–C) groups is 1. The van der Waals surface area contributed by atoms with Gasteiger partial charge in [0.1, 0.15) is 11.7 Å². The second-order valence-corrected chi connectivity index (χ2v) is 5.90. The highest BCUT2D eigenvalue weighted by Gasteiger charge is 2.34. The lowest BCUT2D eigenvalue weighted by atomic mass is 9.97. The van der Waals surface area contributed by atoms with Crippen molar-refractivity contribution < 1.29 is 4.74 Å². The molecular weight excluding hydrogens is 296 g/mol. The molecule has 0 fully saturated rings. The molecule has 0 amide bonds. The number of nitrogens with zero attached hydrogens (tertiary/aromatic N) is 2. The SMILES string of the molecule is Cc1cccc(C2=N[C@@H](c3ccccc3)[C@@H](c3ccccc3)O2)n1. The summed E-state index contributed by atoms with van der Waals surface area (Å²) in [4.78, 5) is 9.42. The van der Waals surface area contributed by atoms with Crippen molar-refractivity contribution in [2.75, 3.05) is 0 Å². The van der Waals surface area contributed by atoms with Crippen LogP contribution in [0.25, 0.3) is 0 Å². The van der Waals surface area contributed by atoms with Gasteiger partial charge in [-0.25, -0.2) is 9.98 Å². The normalized spacial score (nSPS) is 19.6. The Morgan fingerprint density at radius 3 is 2.08 bits per heavy atom. The van der Waals surface area contributed by atoms with E-state index in [0.29, 0.717) is 5.90 Å². The maximum atomic E-state index is 6.24. The lowest BCUT2D eigenvalue weighted by molar-refractivity contribution is 0.196. The second kappa shape index (κ2) is 6.28. The van der Waals surface area contributed by atoms with E-state index >= 15 is 0 Å². The minimum atomic E-state index is -0.133. The first-order valence-corrected chi connectivity index (χ1v) is 8.09. The van der Waals surface area contributed by atoms with Crippen molar-refractivity contribution in [3.05, 3.63) is 101 Å². The fraction of sp³-hybridized carbons (Fsp3) is 0.143. The van der Waals surface area contributed by atoms with Gasteiger partial charge in [-0.2, -0.15) is 0 Å². The highest BCUT2D eigenvalue weighted by Crippen LogP contribution is 2.40. The maximum Gasteiger partial charge on any atom is 0.236 e. The third-order valence-corrected chi connectivity index (χ3v) is 4.16. The van der Waals surface area contributed by atoms with Crippen molar-refractivity contribution in [1.29, 1.82) is 0 Å². The summed E-state index contributed by atoms with van der Waals surface area (Å²) < 4.78 is 6.24. The van der Waals surface area contributed by atoms with E-state index in [1.807, 2.05) is 61.5 Å². The summed E-state index contributed by atoms with van der Waals surface area (Å²) in [5.41, 5.74) is 4.01. The molecule has 2 heterocycles. The second-order valence-electron chi connectivity index (χ2n) is 5.90. The third-order valence-electron chi connectivity index (χ3n) is 4.16. The molecule has 3 aromatic rings. The average molecular weight is 314 g/mol. The summed E-state index contributed by atoms with van der Waals surface area (Å²) in [7, 11) is 0. The minimum Gasteiger partial charge on any atom is -0.465 e. The summed E-state index contributed by atoms with van der Waals surface area (Å²) >= 11 is 0. The van der Waals surface area contributed by atoms with E-state index in [1.54, 1.807) is 0 Å². The molecule has 1 aliphatic rings. The van der Waals surface area contributed by atoms with E-state index in [4.69, 9.17) is 9.73 Å². The Balaban J connectivity index is 1.76. The van der Waals surface area contributed by atoms with Gasteiger partial charge in [-0.1, -0.05) is 66.7 Å². The molecule has 24 heavy (non-hydrogen) atoms. The molecule has 2 atom stereocenters. The molecule has 2 aromatic carbocycles. The van der Waals surface area contributed by atoms with Crippen molar-refractivity contribution in [2.45, 2.75) is 19.1 Å². The summed E-state index contributed by atoms with van der Waals surface area (Å²) in [5, 5.41) is 0. The van der Waals surface area contributed by atoms with Crippen LogP contribution in [0.15, 0.2) is 83.9 Å². The fourth-order valence-corrected chi connectivity index (χ4v) is 2.99. The molecule has 3 nitrogen and oxygen atoms in total. The monoisotopic (exact) mass is 314 g/mol. The van der Waals surface area contributed by atoms with Crippen LogP contribution in [0.1, 0.15) is 34.7 Å². The molecule has 0 bridgehead atoms. The lowest BCUT2D eigenvalue weighted by Crippen LogP contribution is -2.10. The van der Waals surface area contributed by atoms with Gasteiger partial charge in [-0.3, -0.25) is 0 Å². The minimum absolute atomic E-state index is 0.0640. The van der Waals surface area contributed by atoms with E-state index in [0.717, 1.165) is 22.5 Å². The molecule has 0 radical (unpaired) electrons. The molecule has 1 aromatic heterocycles. The van der Waals surface area contributed by atoms with Gasteiger partial charge >= 0.3 is 0 Å². The van der Waals surface area contributed by atoms with Crippen LogP contribution in [0.2, 0.25) is 0 Å². The van der Waals surface area contributed by atoms with Gasteiger partial charge in [-0.15, -0.1) is 0 Å². The number of ether oxygens (including phenoxy) is 1. The molecule has 0 spiro atoms. The molecule has 3 heteroatoms. The predicted molar refractivity (Wildman–Crippen MR) is 95.0 cm³/mol. The van der Waals surface area contributed by atoms with Crippen LogP contribution in [-0.2, 0) is 4.74 Å². The third kappa shape index (κ3) is 2.81. The van der Waals surface area contributed by atoms with Crippen molar-refractivity contribution in [1.82, 2.24) is 4.98 Å². The number of aryl methyl sites for hydroxylation is 1. The van der Waals surface area contributed by atoms with Crippen LogP contribution in [0.3, 0.4) is 0 Å². The number of rotatable bonds is 3. The smallest absolute Gasteiger partial charge is 0.236 e. The van der Waals surface area contributed by atoms with Crippen LogP contribution in [-0.4, -0.2) is 10.9 Å². The zero-order valence-corrected chi connectivity index (χ0v) is 13.5. The number of pyridine rings is 1. The Bertz CT molecular complexity index is 859. The quantitative estimate of drug-likeness (QED) is 0.705. The van der Waals surface area contributed by atoms with Crippen LogP contribution in [0.4, 0.5) is 0 Å². The molecule has 4 rings (SSSR count). The highest BCUT2D eigenvalue weighted by molar-refractivity contribution is 5.93. The number of benzene rings is 2. The van der Waals surface area contributed by atoms with E-state index in [2.05, 4.69) is 29.2 Å². The standard InChI is InChI=1S/C21H18N2O/c1-15-9-8-14-18(22-15)21-23-19(16-10-4-2-5-11-16)20(24-21)17-12-6-3-7-13-17/h2-14,19-20H,1H3/t19-,20+/m0/s1. The Kier molecular flexibility index (Phi) is 3.83. The molecule has 0 aliphatic carbocycles. The molecule has 0 saturated carbocycles. The first kappa shape index (κ1) is 14.6. The van der Waals surface area contributed by atoms with Crippen LogP contribution in [0.5, 0.6) is 0 Å².